The van der Waals surface area contributed by atoms with Crippen molar-refractivity contribution in [3.8, 4) is 0 Å². The molecule has 0 aliphatic heterocycles. The number of amides is 1. The molecule has 1 atom stereocenters. The first-order valence-electron chi connectivity index (χ1n) is 5.15. The number of carbonyl (C=O) groups is 2. The summed E-state index contributed by atoms with van der Waals surface area (Å²) in [7, 11) is 0. The molecule has 0 aromatic heterocycles. The van der Waals surface area contributed by atoms with Crippen molar-refractivity contribution in [3.05, 3.63) is 35.9 Å². The van der Waals surface area contributed by atoms with Gasteiger partial charge in [-0.1, -0.05) is 30.3 Å². The van der Waals surface area contributed by atoms with E-state index in [1.807, 2.05) is 6.07 Å². The number of nitrogens with one attached hydrogen (secondary N) is 1. The van der Waals surface area contributed by atoms with E-state index in [2.05, 4.69) is 10.2 Å². The number of carbonyl (C=O) groups excluding carboxylic acids is 1. The summed E-state index contributed by atoms with van der Waals surface area (Å²) in [4.78, 5) is 26.2. The second-order valence-electron chi connectivity index (χ2n) is 3.43. The predicted molar refractivity (Wildman–Crippen MR) is 61.3 cm³/mol. The molecule has 7 heteroatoms. The van der Waals surface area contributed by atoms with Crippen LogP contribution < -0.4 is 11.2 Å². The molecule has 1 amide bonds. The lowest BCUT2D eigenvalue weighted by Crippen LogP contribution is -2.44. The molecular formula is C11H14N2O5. The van der Waals surface area contributed by atoms with Crippen molar-refractivity contribution in [3.63, 3.8) is 0 Å². The molecule has 98 valence electrons. The molecule has 0 fully saturated rings. The van der Waals surface area contributed by atoms with E-state index in [1.54, 1.807) is 24.3 Å². The molecule has 1 aromatic carbocycles. The van der Waals surface area contributed by atoms with E-state index in [4.69, 9.17) is 15.7 Å². The lowest BCUT2D eigenvalue weighted by Gasteiger charge is -2.13. The van der Waals surface area contributed by atoms with E-state index in [0.29, 0.717) is 0 Å². The zero-order chi connectivity index (χ0) is 13.4. The second-order valence-corrected chi connectivity index (χ2v) is 3.43. The van der Waals surface area contributed by atoms with Crippen molar-refractivity contribution in [1.29, 1.82) is 0 Å². The maximum atomic E-state index is 11.3. The monoisotopic (exact) mass is 254 g/mol. The van der Waals surface area contributed by atoms with Crippen LogP contribution in [0, 0.1) is 0 Å². The summed E-state index contributed by atoms with van der Waals surface area (Å²) < 4.78 is 4.85. The summed E-state index contributed by atoms with van der Waals surface area (Å²) in [5, 5.41) is 10.9. The van der Waals surface area contributed by atoms with Crippen LogP contribution in [0.15, 0.2) is 30.3 Å². The van der Waals surface area contributed by atoms with E-state index >= 15 is 0 Å². The maximum absolute atomic E-state index is 11.3. The number of ether oxygens (including phenoxy) is 1. The highest BCUT2D eigenvalue weighted by molar-refractivity contribution is 5.79. The SMILES string of the molecule is NOC[C@H](NC(=O)OCc1ccccc1)C(=O)O. The third-order valence-electron chi connectivity index (χ3n) is 2.07. The summed E-state index contributed by atoms with van der Waals surface area (Å²) >= 11 is 0. The van der Waals surface area contributed by atoms with Gasteiger partial charge in [-0.2, -0.15) is 0 Å². The molecule has 0 aliphatic carbocycles. The minimum Gasteiger partial charge on any atom is -0.480 e. The number of nitrogens with two attached hydrogens (primary N) is 1. The van der Waals surface area contributed by atoms with Crippen LogP contribution in [0.25, 0.3) is 0 Å². The first-order chi connectivity index (χ1) is 8.63. The average molecular weight is 254 g/mol. The van der Waals surface area contributed by atoms with Gasteiger partial charge >= 0.3 is 12.1 Å². The smallest absolute Gasteiger partial charge is 0.408 e. The Morgan fingerprint density at radius 3 is 2.56 bits per heavy atom. The van der Waals surface area contributed by atoms with Gasteiger partial charge in [0, 0.05) is 0 Å². The van der Waals surface area contributed by atoms with E-state index in [-0.39, 0.29) is 13.2 Å². The molecule has 0 radical (unpaired) electrons. The largest absolute Gasteiger partial charge is 0.480 e. The van der Waals surface area contributed by atoms with Gasteiger partial charge in [0.1, 0.15) is 6.61 Å². The maximum Gasteiger partial charge on any atom is 0.408 e. The van der Waals surface area contributed by atoms with Crippen LogP contribution in [0.3, 0.4) is 0 Å². The van der Waals surface area contributed by atoms with Gasteiger partial charge in [0.2, 0.25) is 0 Å². The molecule has 7 nitrogen and oxygen atoms in total. The standard InChI is InChI=1S/C11H14N2O5/c12-18-7-9(10(14)15)13-11(16)17-6-8-4-2-1-3-5-8/h1-5,9H,6-7,12H2,(H,13,16)(H,14,15)/t9-/m0/s1. The topological polar surface area (TPSA) is 111 Å². The van der Waals surface area contributed by atoms with Crippen molar-refractivity contribution < 1.29 is 24.3 Å². The van der Waals surface area contributed by atoms with Gasteiger partial charge < -0.3 is 20.0 Å². The van der Waals surface area contributed by atoms with Crippen LogP contribution in [0.4, 0.5) is 4.79 Å². The highest BCUT2D eigenvalue weighted by Gasteiger charge is 2.20. The number of carboxylic acids is 1. The summed E-state index contributed by atoms with van der Waals surface area (Å²) in [5.41, 5.74) is 0.801. The fourth-order valence-corrected chi connectivity index (χ4v) is 1.18. The Labute approximate surface area is 103 Å². The Morgan fingerprint density at radius 2 is 2.00 bits per heavy atom. The highest BCUT2D eigenvalue weighted by Crippen LogP contribution is 2.00. The molecule has 0 aliphatic rings. The zero-order valence-corrected chi connectivity index (χ0v) is 9.54. The zero-order valence-electron chi connectivity index (χ0n) is 9.54. The van der Waals surface area contributed by atoms with Crippen molar-refractivity contribution in [2.24, 2.45) is 5.90 Å². The fourth-order valence-electron chi connectivity index (χ4n) is 1.18. The molecule has 0 saturated heterocycles. The number of hydrogen-bond acceptors (Lipinski definition) is 5. The lowest BCUT2D eigenvalue weighted by molar-refractivity contribution is -0.141. The van der Waals surface area contributed by atoms with E-state index in [0.717, 1.165) is 5.56 Å². The normalized spacial score (nSPS) is 11.6. The van der Waals surface area contributed by atoms with Gasteiger partial charge in [0.05, 0.1) is 6.61 Å². The summed E-state index contributed by atoms with van der Waals surface area (Å²) in [6.45, 7) is -0.279. The minimum atomic E-state index is -1.25. The van der Waals surface area contributed by atoms with Crippen LogP contribution in [-0.4, -0.2) is 29.8 Å². The third-order valence-corrected chi connectivity index (χ3v) is 2.07. The van der Waals surface area contributed by atoms with E-state index in [9.17, 15) is 9.59 Å². The Bertz CT molecular complexity index is 396. The quantitative estimate of drug-likeness (QED) is 0.628. The van der Waals surface area contributed by atoms with Crippen LogP contribution in [0.2, 0.25) is 0 Å². The summed E-state index contributed by atoms with van der Waals surface area (Å²) in [6, 6.07) is 7.77. The molecule has 18 heavy (non-hydrogen) atoms. The molecule has 0 spiro atoms. The van der Waals surface area contributed by atoms with Crippen LogP contribution >= 0.6 is 0 Å². The van der Waals surface area contributed by atoms with Crippen LogP contribution in [0.1, 0.15) is 5.56 Å². The predicted octanol–water partition coefficient (Wildman–Crippen LogP) is 0.256. The van der Waals surface area contributed by atoms with Crippen LogP contribution in [-0.2, 0) is 21.0 Å². The first kappa shape index (κ1) is 13.9. The van der Waals surface area contributed by atoms with Crippen LogP contribution in [0.5, 0.6) is 0 Å². The first-order valence-corrected chi connectivity index (χ1v) is 5.15. The summed E-state index contributed by atoms with van der Waals surface area (Å²) in [5.74, 6) is 3.50. The molecule has 1 aromatic rings. The lowest BCUT2D eigenvalue weighted by atomic mass is 10.2. The Kier molecular flexibility index (Phi) is 5.62. The number of alkyl carbamates (subject to hydrolysis) is 1. The Morgan fingerprint density at radius 1 is 1.33 bits per heavy atom. The van der Waals surface area contributed by atoms with E-state index < -0.39 is 18.1 Å². The van der Waals surface area contributed by atoms with Gasteiger partial charge in [-0.25, -0.2) is 15.5 Å². The van der Waals surface area contributed by atoms with Crippen molar-refractivity contribution in [1.82, 2.24) is 5.32 Å². The van der Waals surface area contributed by atoms with Gasteiger partial charge in [-0.3, -0.25) is 0 Å². The second kappa shape index (κ2) is 7.25. The number of hydrogen-bond donors (Lipinski definition) is 3. The number of aliphatic carboxylic acids is 1. The fraction of sp³-hybridized carbons (Fsp3) is 0.273. The number of rotatable bonds is 6. The molecule has 4 N–H and O–H groups in total. The average Bonchev–Trinajstić information content (AvgIpc) is 2.37. The molecular weight excluding hydrogens is 240 g/mol. The van der Waals surface area contributed by atoms with Gasteiger partial charge in [0.15, 0.2) is 6.04 Å². The Hall–Kier alpha value is -2.12. The third kappa shape index (κ3) is 4.81. The van der Waals surface area contributed by atoms with Crippen molar-refractivity contribution in [2.45, 2.75) is 12.6 Å². The molecule has 0 unspecified atom stereocenters. The Balaban J connectivity index is 2.39. The number of benzene rings is 1. The van der Waals surface area contributed by atoms with Gasteiger partial charge in [-0.15, -0.1) is 0 Å². The molecule has 0 heterocycles. The highest BCUT2D eigenvalue weighted by atomic mass is 16.6. The molecule has 0 bridgehead atoms. The molecule has 1 rings (SSSR count). The number of carboxylic acid groups (broad SMARTS) is 1. The van der Waals surface area contributed by atoms with Crippen molar-refractivity contribution in [2.75, 3.05) is 6.61 Å². The van der Waals surface area contributed by atoms with Crippen molar-refractivity contribution >= 4 is 12.1 Å². The molecule has 0 saturated carbocycles. The van der Waals surface area contributed by atoms with Gasteiger partial charge in [-0.05, 0) is 5.56 Å². The van der Waals surface area contributed by atoms with Gasteiger partial charge in [0.25, 0.3) is 0 Å². The summed E-state index contributed by atoms with van der Waals surface area (Å²) in [6.07, 6.45) is -0.844. The minimum absolute atomic E-state index is 0.0580. The van der Waals surface area contributed by atoms with E-state index in [1.165, 1.54) is 0 Å².